The van der Waals surface area contributed by atoms with Gasteiger partial charge in [-0.2, -0.15) is 13.2 Å². The van der Waals surface area contributed by atoms with Gasteiger partial charge in [0.15, 0.2) is 0 Å². The molecule has 82 valence electrons. The van der Waals surface area contributed by atoms with Crippen LogP contribution in [0.2, 0.25) is 5.02 Å². The van der Waals surface area contributed by atoms with Gasteiger partial charge in [0.2, 0.25) is 0 Å². The maximum atomic E-state index is 12.0. The first-order valence-electron chi connectivity index (χ1n) is 3.55. The van der Waals surface area contributed by atoms with Crippen molar-refractivity contribution in [1.82, 2.24) is 0 Å². The van der Waals surface area contributed by atoms with Gasteiger partial charge in [-0.1, -0.05) is 11.6 Å². The fraction of sp³-hybridized carbons (Fsp3) is 0.125. The lowest BCUT2D eigenvalue weighted by Gasteiger charge is -2.06. The van der Waals surface area contributed by atoms with Crippen molar-refractivity contribution in [2.45, 2.75) is 10.4 Å². The maximum Gasteiger partial charge on any atom is 0.446 e. The molecule has 0 bridgehead atoms. The number of benzene rings is 1. The summed E-state index contributed by atoms with van der Waals surface area (Å²) < 4.78 is 35.9. The van der Waals surface area contributed by atoms with E-state index in [9.17, 15) is 18.0 Å². The Morgan fingerprint density at radius 3 is 2.33 bits per heavy atom. The first-order valence-corrected chi connectivity index (χ1v) is 5.12. The third kappa shape index (κ3) is 3.93. The Morgan fingerprint density at radius 1 is 1.33 bits per heavy atom. The quantitative estimate of drug-likeness (QED) is 0.590. The number of alkyl halides is 3. The molecule has 0 radical (unpaired) electrons. The number of carbonyl (C=O) groups excluding carboxylic acids is 1. The molecule has 1 aromatic carbocycles. The molecule has 15 heavy (non-hydrogen) atoms. The number of hydrogen-bond acceptors (Lipinski definition) is 2. The Kier molecular flexibility index (Phi) is 3.92. The molecular weight excluding hydrogens is 272 g/mol. The number of carbonyl (C=O) groups is 1. The Balaban J connectivity index is 2.97. The summed E-state index contributed by atoms with van der Waals surface area (Å²) in [5.41, 5.74) is -4.39. The Morgan fingerprint density at radius 2 is 1.93 bits per heavy atom. The zero-order valence-electron chi connectivity index (χ0n) is 6.94. The molecule has 0 N–H and O–H groups in total. The monoisotopic (exact) mass is 274 g/mol. The van der Waals surface area contributed by atoms with Gasteiger partial charge in [-0.3, -0.25) is 4.79 Å². The normalized spacial score (nSPS) is 11.5. The highest BCUT2D eigenvalue weighted by molar-refractivity contribution is 8.00. The SMILES string of the molecule is O=C(Cl)c1ccc(SC(F)(F)F)cc1Cl. The van der Waals surface area contributed by atoms with Crippen molar-refractivity contribution < 1.29 is 18.0 Å². The van der Waals surface area contributed by atoms with Crippen molar-refractivity contribution in [2.75, 3.05) is 0 Å². The van der Waals surface area contributed by atoms with E-state index < -0.39 is 10.8 Å². The lowest BCUT2D eigenvalue weighted by atomic mass is 10.2. The molecule has 1 rings (SSSR count). The van der Waals surface area contributed by atoms with Gasteiger partial charge in [0.05, 0.1) is 10.6 Å². The fourth-order valence-corrected chi connectivity index (χ4v) is 1.98. The van der Waals surface area contributed by atoms with Gasteiger partial charge in [-0.15, -0.1) is 0 Å². The van der Waals surface area contributed by atoms with Crippen molar-refractivity contribution in [3.8, 4) is 0 Å². The van der Waals surface area contributed by atoms with E-state index in [0.29, 0.717) is 0 Å². The fourth-order valence-electron chi connectivity index (χ4n) is 0.852. The summed E-state index contributed by atoms with van der Waals surface area (Å²) >= 11 is 10.4. The van der Waals surface area contributed by atoms with E-state index in [-0.39, 0.29) is 27.2 Å². The van der Waals surface area contributed by atoms with Crippen molar-refractivity contribution in [1.29, 1.82) is 0 Å². The molecule has 0 saturated heterocycles. The van der Waals surface area contributed by atoms with E-state index in [4.69, 9.17) is 23.2 Å². The summed E-state index contributed by atoms with van der Waals surface area (Å²) in [5.74, 6) is 0. The molecule has 0 atom stereocenters. The lowest BCUT2D eigenvalue weighted by Crippen LogP contribution is -1.99. The standard InChI is InChI=1S/C8H3Cl2F3OS/c9-6-3-4(15-8(11,12)13)1-2-5(6)7(10)14/h1-3H. The van der Waals surface area contributed by atoms with Gasteiger partial charge in [-0.25, -0.2) is 0 Å². The lowest BCUT2D eigenvalue weighted by molar-refractivity contribution is -0.0328. The third-order valence-corrected chi connectivity index (χ3v) is 2.62. The van der Waals surface area contributed by atoms with E-state index in [1.54, 1.807) is 0 Å². The molecule has 0 aliphatic heterocycles. The molecule has 0 aromatic heterocycles. The first kappa shape index (κ1) is 12.7. The molecular formula is C8H3Cl2F3OS. The second kappa shape index (κ2) is 4.63. The number of halogens is 5. The Bertz CT molecular complexity index is 392. The van der Waals surface area contributed by atoms with Crippen molar-refractivity contribution in [3.63, 3.8) is 0 Å². The van der Waals surface area contributed by atoms with Crippen molar-refractivity contribution in [3.05, 3.63) is 28.8 Å². The van der Waals surface area contributed by atoms with Crippen LogP contribution in [0.25, 0.3) is 0 Å². The highest BCUT2D eigenvalue weighted by Gasteiger charge is 2.29. The zero-order valence-corrected chi connectivity index (χ0v) is 9.27. The topological polar surface area (TPSA) is 17.1 Å². The predicted molar refractivity (Wildman–Crippen MR) is 53.5 cm³/mol. The van der Waals surface area contributed by atoms with Crippen LogP contribution in [0.1, 0.15) is 10.4 Å². The van der Waals surface area contributed by atoms with Gasteiger partial charge in [0.1, 0.15) is 0 Å². The molecule has 1 aromatic rings. The van der Waals surface area contributed by atoms with Crippen LogP contribution in [0.4, 0.5) is 13.2 Å². The van der Waals surface area contributed by atoms with Crippen LogP contribution in [0, 0.1) is 0 Å². The van der Waals surface area contributed by atoms with Crippen molar-refractivity contribution >= 4 is 40.2 Å². The molecule has 1 nitrogen and oxygen atoms in total. The summed E-state index contributed by atoms with van der Waals surface area (Å²) in [4.78, 5) is 10.6. The summed E-state index contributed by atoms with van der Waals surface area (Å²) in [7, 11) is 0. The third-order valence-electron chi connectivity index (χ3n) is 1.39. The van der Waals surface area contributed by atoms with Crippen LogP contribution in [-0.2, 0) is 0 Å². The van der Waals surface area contributed by atoms with Crippen LogP contribution in [0.15, 0.2) is 23.1 Å². The van der Waals surface area contributed by atoms with Crippen LogP contribution in [-0.4, -0.2) is 10.8 Å². The van der Waals surface area contributed by atoms with Gasteiger partial charge in [-0.05, 0) is 41.6 Å². The van der Waals surface area contributed by atoms with E-state index >= 15 is 0 Å². The Labute approximate surface area is 97.5 Å². The molecule has 0 fully saturated rings. The molecule has 0 saturated carbocycles. The number of rotatable bonds is 2. The zero-order chi connectivity index (χ0) is 11.6. The molecule has 0 heterocycles. The van der Waals surface area contributed by atoms with Crippen molar-refractivity contribution in [2.24, 2.45) is 0 Å². The maximum absolute atomic E-state index is 12.0. The molecule has 7 heteroatoms. The van der Waals surface area contributed by atoms with Crippen LogP contribution >= 0.6 is 35.0 Å². The van der Waals surface area contributed by atoms with E-state index in [1.165, 1.54) is 0 Å². The molecule has 0 spiro atoms. The van der Waals surface area contributed by atoms with Gasteiger partial charge < -0.3 is 0 Å². The average molecular weight is 275 g/mol. The minimum absolute atomic E-state index is 0.00939. The highest BCUT2D eigenvalue weighted by Crippen LogP contribution is 2.38. The summed E-state index contributed by atoms with van der Waals surface area (Å²) in [6, 6.07) is 3.35. The summed E-state index contributed by atoms with van der Waals surface area (Å²) in [5, 5.41) is -0.896. The summed E-state index contributed by atoms with van der Waals surface area (Å²) in [6.45, 7) is 0. The van der Waals surface area contributed by atoms with E-state index in [0.717, 1.165) is 18.2 Å². The average Bonchev–Trinajstić information content (AvgIpc) is 1.99. The highest BCUT2D eigenvalue weighted by atomic mass is 35.5. The number of hydrogen-bond donors (Lipinski definition) is 0. The summed E-state index contributed by atoms with van der Waals surface area (Å²) in [6.07, 6.45) is 0. The van der Waals surface area contributed by atoms with Gasteiger partial charge >= 0.3 is 5.51 Å². The molecule has 0 unspecified atom stereocenters. The number of thioether (sulfide) groups is 1. The van der Waals surface area contributed by atoms with Crippen LogP contribution in [0.5, 0.6) is 0 Å². The predicted octanol–water partition coefficient (Wildman–Crippen LogP) is 4.33. The minimum Gasteiger partial charge on any atom is -0.276 e. The van der Waals surface area contributed by atoms with Gasteiger partial charge in [0, 0.05) is 4.90 Å². The molecule has 0 aliphatic carbocycles. The molecule has 0 amide bonds. The molecule has 0 aliphatic rings. The second-order valence-electron chi connectivity index (χ2n) is 2.46. The minimum atomic E-state index is -4.38. The smallest absolute Gasteiger partial charge is 0.276 e. The van der Waals surface area contributed by atoms with Crippen LogP contribution in [0.3, 0.4) is 0 Å². The Hall–Kier alpha value is -0.390. The largest absolute Gasteiger partial charge is 0.446 e. The van der Waals surface area contributed by atoms with E-state index in [1.807, 2.05) is 0 Å². The first-order chi connectivity index (χ1) is 6.79. The second-order valence-corrected chi connectivity index (χ2v) is 4.35. The van der Waals surface area contributed by atoms with Crippen LogP contribution < -0.4 is 0 Å². The van der Waals surface area contributed by atoms with Gasteiger partial charge in [0.25, 0.3) is 5.24 Å². The van der Waals surface area contributed by atoms with E-state index in [2.05, 4.69) is 0 Å².